The third-order valence-corrected chi connectivity index (χ3v) is 12.3. The van der Waals surface area contributed by atoms with Gasteiger partial charge in [-0.15, -0.1) is 0 Å². The van der Waals surface area contributed by atoms with Gasteiger partial charge in [-0.2, -0.15) is 0 Å². The lowest BCUT2D eigenvalue weighted by Crippen LogP contribution is -2.13. The second-order valence-electron chi connectivity index (χ2n) is 17.6. The highest BCUT2D eigenvalue weighted by Crippen LogP contribution is 2.38. The molecule has 0 saturated heterocycles. The van der Waals surface area contributed by atoms with Crippen LogP contribution in [0.15, 0.2) is 180 Å². The number of rotatable bonds is 13. The first-order chi connectivity index (χ1) is 31.4. The van der Waals surface area contributed by atoms with E-state index in [2.05, 4.69) is 207 Å². The van der Waals surface area contributed by atoms with E-state index in [-0.39, 0.29) is 11.5 Å². The van der Waals surface area contributed by atoms with Crippen LogP contribution in [-0.2, 0) is 0 Å². The predicted octanol–water partition coefficient (Wildman–Crippen LogP) is 17.5. The first-order valence-corrected chi connectivity index (χ1v) is 22.6. The smallest absolute Gasteiger partial charge is 0.155 e. The van der Waals surface area contributed by atoms with Gasteiger partial charge in [0.15, 0.2) is 5.84 Å². The quantitative estimate of drug-likeness (QED) is 0.0820. The molecule has 0 N–H and O–H groups in total. The Balaban J connectivity index is 1.37. The monoisotopic (exact) mass is 847 g/mol. The molecule has 1 aliphatic rings. The summed E-state index contributed by atoms with van der Waals surface area (Å²) in [5.74, 6) is 0.740. The van der Waals surface area contributed by atoms with E-state index in [1.54, 1.807) is 0 Å². The number of amidine groups is 1. The van der Waals surface area contributed by atoms with E-state index in [1.165, 1.54) is 5.56 Å². The van der Waals surface area contributed by atoms with Crippen LogP contribution >= 0.6 is 0 Å². The van der Waals surface area contributed by atoms with Gasteiger partial charge >= 0.3 is 0 Å². The first kappa shape index (κ1) is 45.8. The molecule has 65 heavy (non-hydrogen) atoms. The van der Waals surface area contributed by atoms with Crippen molar-refractivity contribution >= 4 is 47.8 Å². The molecule has 3 nitrogen and oxygen atoms in total. The summed E-state index contributed by atoms with van der Waals surface area (Å²) in [6.45, 7) is 29.4. The normalized spacial score (nSPS) is 14.4. The lowest BCUT2D eigenvalue weighted by atomic mass is 9.84. The van der Waals surface area contributed by atoms with Gasteiger partial charge in [0.2, 0.25) is 0 Å². The highest BCUT2D eigenvalue weighted by molar-refractivity contribution is 6.13. The van der Waals surface area contributed by atoms with Crippen LogP contribution in [0.25, 0.3) is 68.8 Å². The average molecular weight is 848 g/mol. The summed E-state index contributed by atoms with van der Waals surface area (Å²) < 4.78 is 0. The number of hydrogen-bond donors (Lipinski definition) is 0. The summed E-state index contributed by atoms with van der Waals surface area (Å²) in [5.41, 5.74) is 20.7. The number of hydrogen-bond acceptors (Lipinski definition) is 2. The Morgan fingerprint density at radius 2 is 1.29 bits per heavy atom. The van der Waals surface area contributed by atoms with Gasteiger partial charge in [-0.05, 0) is 156 Å². The molecule has 6 aromatic carbocycles. The van der Waals surface area contributed by atoms with Crippen molar-refractivity contribution in [2.24, 2.45) is 20.4 Å². The summed E-state index contributed by atoms with van der Waals surface area (Å²) in [5, 5.41) is 0. The Labute approximate surface area is 388 Å². The second kappa shape index (κ2) is 20.1. The van der Waals surface area contributed by atoms with Crippen LogP contribution in [0.2, 0.25) is 0 Å². The molecule has 0 spiro atoms. The van der Waals surface area contributed by atoms with Gasteiger partial charge in [-0.3, -0.25) is 9.98 Å². The van der Waals surface area contributed by atoms with Crippen molar-refractivity contribution in [3.8, 4) is 44.5 Å². The Morgan fingerprint density at radius 3 is 1.85 bits per heavy atom. The second-order valence-corrected chi connectivity index (χ2v) is 17.6. The molecule has 6 aromatic rings. The van der Waals surface area contributed by atoms with Gasteiger partial charge in [0, 0.05) is 23.1 Å². The summed E-state index contributed by atoms with van der Waals surface area (Å²) in [7, 11) is 0. The minimum absolute atomic E-state index is 0.0753. The summed E-state index contributed by atoms with van der Waals surface area (Å²) in [6.07, 6.45) is 19.5. The largest absolute Gasteiger partial charge is 0.261 e. The van der Waals surface area contributed by atoms with Crippen molar-refractivity contribution in [3.63, 3.8) is 0 Å². The molecule has 0 aromatic heterocycles. The van der Waals surface area contributed by atoms with Crippen LogP contribution in [0.1, 0.15) is 98.5 Å². The Hall–Kier alpha value is -7.23. The molecule has 0 aliphatic heterocycles. The number of benzene rings is 6. The Morgan fingerprint density at radius 1 is 0.677 bits per heavy atom. The van der Waals surface area contributed by atoms with Gasteiger partial charge in [-0.1, -0.05) is 179 Å². The minimum atomic E-state index is -0.0753. The van der Waals surface area contributed by atoms with E-state index in [1.807, 2.05) is 38.3 Å². The zero-order valence-corrected chi connectivity index (χ0v) is 39.4. The topological polar surface area (TPSA) is 37.1 Å². The zero-order chi connectivity index (χ0) is 46.3. The maximum Gasteiger partial charge on any atom is 0.155 e. The fourth-order valence-electron chi connectivity index (χ4n) is 8.49. The maximum atomic E-state index is 5.39. The standard InChI is InChI=1S/C62H61N3/c1-12-18-58-56(15-4)55(14-3)45(13-2)40-59(58)50-31-27-48(28-32-50)54-38-52(37-53(39-54)47-25-29-49(30-26-47)57-20-17-19-42(7)60(57)63-16-5)44(9)65-61(51-33-35-62(10,11)36-34-51)64-43(8)46-23-21-41(6)22-24-46/h12-35,37-40,43H,2-4,36H2,1,5-11H3/b18-12-,63-16?,64-61?,65-44?. The molecule has 0 amide bonds. The third kappa shape index (κ3) is 10.3. The molecule has 0 heterocycles. The van der Waals surface area contributed by atoms with Crippen molar-refractivity contribution in [1.82, 2.24) is 0 Å². The van der Waals surface area contributed by atoms with Gasteiger partial charge in [-0.25, -0.2) is 4.99 Å². The number of aryl methyl sites for hydroxylation is 2. The van der Waals surface area contributed by atoms with Crippen LogP contribution in [0, 0.1) is 19.3 Å². The van der Waals surface area contributed by atoms with Crippen LogP contribution in [0.5, 0.6) is 0 Å². The minimum Gasteiger partial charge on any atom is -0.261 e. The molecule has 1 atom stereocenters. The fraction of sp³-hybridized carbons (Fsp3) is 0.177. The molecule has 0 saturated carbocycles. The third-order valence-electron chi connectivity index (χ3n) is 12.3. The van der Waals surface area contributed by atoms with Crippen LogP contribution in [0.4, 0.5) is 5.69 Å². The van der Waals surface area contributed by atoms with E-state index < -0.39 is 0 Å². The van der Waals surface area contributed by atoms with Crippen molar-refractivity contribution < 1.29 is 0 Å². The van der Waals surface area contributed by atoms with Crippen molar-refractivity contribution in [3.05, 3.63) is 209 Å². The average Bonchev–Trinajstić information content (AvgIpc) is 3.32. The van der Waals surface area contributed by atoms with Crippen LogP contribution in [-0.4, -0.2) is 17.8 Å². The fourth-order valence-corrected chi connectivity index (χ4v) is 8.49. The van der Waals surface area contributed by atoms with Gasteiger partial charge in [0.05, 0.1) is 11.7 Å². The molecule has 1 aliphatic carbocycles. The number of para-hydroxylation sites is 1. The lowest BCUT2D eigenvalue weighted by Gasteiger charge is -2.23. The molecule has 0 bridgehead atoms. The van der Waals surface area contributed by atoms with Crippen molar-refractivity contribution in [2.45, 2.75) is 67.9 Å². The van der Waals surface area contributed by atoms with Gasteiger partial charge < -0.3 is 0 Å². The SMILES string of the molecule is C=Cc1cc(-c2ccc(-c3cc(C(C)=NC(=NC(C)c4ccc(C)cc4)C4=CCC(C)(C)C=C4)cc(-c4ccc(-c5cccc(C)c5N=CC)cc4)c3)cc2)c(/C=C\C)c(C=C)c1C=C. The van der Waals surface area contributed by atoms with Crippen molar-refractivity contribution in [2.75, 3.05) is 0 Å². The molecule has 1 unspecified atom stereocenters. The molecule has 7 rings (SSSR count). The first-order valence-electron chi connectivity index (χ1n) is 22.6. The molecular weight excluding hydrogens is 787 g/mol. The Bertz CT molecular complexity index is 2940. The lowest BCUT2D eigenvalue weighted by molar-refractivity contribution is 0.483. The molecular formula is C62H61N3. The zero-order valence-electron chi connectivity index (χ0n) is 39.4. The van der Waals surface area contributed by atoms with Gasteiger partial charge in [0.1, 0.15) is 0 Å². The number of nitrogens with zero attached hydrogens (tertiary/aromatic N) is 3. The molecule has 0 radical (unpaired) electrons. The number of allylic oxidation sites excluding steroid dienone is 3. The van der Waals surface area contributed by atoms with Gasteiger partial charge in [0.25, 0.3) is 0 Å². The predicted molar refractivity (Wildman–Crippen MR) is 287 cm³/mol. The summed E-state index contributed by atoms with van der Waals surface area (Å²) in [4.78, 5) is 15.4. The highest BCUT2D eigenvalue weighted by atomic mass is 14.9. The number of aliphatic imine (C=N–C) groups is 3. The van der Waals surface area contributed by atoms with E-state index in [0.29, 0.717) is 0 Å². The van der Waals surface area contributed by atoms with Crippen LogP contribution < -0.4 is 0 Å². The summed E-state index contributed by atoms with van der Waals surface area (Å²) in [6, 6.07) is 41.7. The summed E-state index contributed by atoms with van der Waals surface area (Å²) >= 11 is 0. The highest BCUT2D eigenvalue weighted by Gasteiger charge is 2.20. The van der Waals surface area contributed by atoms with E-state index in [4.69, 9.17) is 15.0 Å². The molecule has 0 fully saturated rings. The van der Waals surface area contributed by atoms with Crippen molar-refractivity contribution in [1.29, 1.82) is 0 Å². The Kier molecular flexibility index (Phi) is 14.1. The molecule has 324 valence electrons. The van der Waals surface area contributed by atoms with E-state index in [0.717, 1.165) is 113 Å². The van der Waals surface area contributed by atoms with E-state index in [9.17, 15) is 0 Å². The maximum absolute atomic E-state index is 5.39. The molecule has 3 heteroatoms. The van der Waals surface area contributed by atoms with Crippen LogP contribution in [0.3, 0.4) is 0 Å². The van der Waals surface area contributed by atoms with E-state index >= 15 is 0 Å².